The number of nitrogens with one attached hydrogen (secondary N) is 1. The van der Waals surface area contributed by atoms with Gasteiger partial charge in [-0.3, -0.25) is 4.79 Å². The van der Waals surface area contributed by atoms with E-state index in [1.54, 1.807) is 22.9 Å². The second kappa shape index (κ2) is 8.67. The van der Waals surface area contributed by atoms with Crippen LogP contribution in [0.1, 0.15) is 29.8 Å². The Bertz CT molecular complexity index is 812. The highest BCUT2D eigenvalue weighted by Gasteiger charge is 2.21. The Morgan fingerprint density at radius 3 is 2.58 bits per heavy atom. The quantitative estimate of drug-likeness (QED) is 0.694. The van der Waals surface area contributed by atoms with E-state index in [1.165, 1.54) is 0 Å². The summed E-state index contributed by atoms with van der Waals surface area (Å²) in [4.78, 5) is 23.6. The zero-order valence-corrected chi connectivity index (χ0v) is 15.6. The molecule has 1 atom stereocenters. The van der Waals surface area contributed by atoms with Crippen LogP contribution in [-0.2, 0) is 16.0 Å². The highest BCUT2D eigenvalue weighted by atomic mass is 35.5. The van der Waals surface area contributed by atoms with Crippen LogP contribution >= 0.6 is 11.6 Å². The van der Waals surface area contributed by atoms with Crippen molar-refractivity contribution in [1.82, 2.24) is 15.1 Å². The van der Waals surface area contributed by atoms with Crippen LogP contribution in [0.15, 0.2) is 36.9 Å². The molecule has 1 aromatic carbocycles. The summed E-state index contributed by atoms with van der Waals surface area (Å²) >= 11 is 5.92. The van der Waals surface area contributed by atoms with E-state index in [0.717, 1.165) is 22.6 Å². The minimum Gasteiger partial charge on any atom is -0.480 e. The monoisotopic (exact) mass is 375 g/mol. The van der Waals surface area contributed by atoms with Crippen molar-refractivity contribution in [1.29, 1.82) is 0 Å². The lowest BCUT2D eigenvalue weighted by Crippen LogP contribution is -2.41. The topological polar surface area (TPSA) is 84.2 Å². The van der Waals surface area contributed by atoms with Crippen molar-refractivity contribution in [2.45, 2.75) is 39.2 Å². The number of halogens is 1. The molecule has 0 aliphatic heterocycles. The van der Waals surface area contributed by atoms with Crippen molar-refractivity contribution in [3.8, 4) is 5.69 Å². The van der Waals surface area contributed by atoms with E-state index < -0.39 is 12.0 Å². The first-order valence-electron chi connectivity index (χ1n) is 8.27. The first-order chi connectivity index (χ1) is 12.3. The minimum atomic E-state index is -1.05. The fraction of sp³-hybridized carbons (Fsp3) is 0.316. The molecule has 0 spiro atoms. The number of hydrogen-bond donors (Lipinski definition) is 2. The first kappa shape index (κ1) is 19.7. The zero-order chi connectivity index (χ0) is 19.3. The van der Waals surface area contributed by atoms with E-state index in [-0.39, 0.29) is 12.3 Å². The molecular formula is C19H22ClN3O3. The summed E-state index contributed by atoms with van der Waals surface area (Å²) < 4.78 is 1.75. The first-order valence-corrected chi connectivity index (χ1v) is 8.65. The number of carboxylic acids is 1. The summed E-state index contributed by atoms with van der Waals surface area (Å²) in [5.41, 5.74) is 3.19. The maximum absolute atomic E-state index is 12.3. The van der Waals surface area contributed by atoms with Gasteiger partial charge >= 0.3 is 5.97 Å². The number of aryl methyl sites for hydroxylation is 1. The van der Waals surface area contributed by atoms with Crippen LogP contribution in [0.2, 0.25) is 5.02 Å². The third kappa shape index (κ3) is 4.73. The van der Waals surface area contributed by atoms with Crippen molar-refractivity contribution >= 4 is 23.5 Å². The van der Waals surface area contributed by atoms with Gasteiger partial charge in [-0.1, -0.05) is 17.7 Å². The Hall–Kier alpha value is -2.60. The van der Waals surface area contributed by atoms with Gasteiger partial charge in [0.1, 0.15) is 6.04 Å². The SMILES string of the molecule is C=CCCC(NC(=O)Cc1c(C)nn(-c2ccc(Cl)cc2)c1C)C(=O)O. The summed E-state index contributed by atoms with van der Waals surface area (Å²) in [5, 5.41) is 16.9. The summed E-state index contributed by atoms with van der Waals surface area (Å²) in [6.45, 7) is 7.28. The third-order valence-electron chi connectivity index (χ3n) is 4.14. The number of aliphatic carboxylic acids is 1. The molecule has 6 nitrogen and oxygen atoms in total. The Morgan fingerprint density at radius 1 is 1.35 bits per heavy atom. The van der Waals surface area contributed by atoms with Crippen LogP contribution in [0, 0.1) is 13.8 Å². The van der Waals surface area contributed by atoms with Gasteiger partial charge in [0.2, 0.25) is 5.91 Å². The number of nitrogens with zero attached hydrogens (tertiary/aromatic N) is 2. The molecule has 1 amide bonds. The molecule has 0 saturated heterocycles. The van der Waals surface area contributed by atoms with E-state index in [9.17, 15) is 14.7 Å². The van der Waals surface area contributed by atoms with Gasteiger partial charge in [-0.25, -0.2) is 9.48 Å². The van der Waals surface area contributed by atoms with E-state index in [2.05, 4.69) is 17.0 Å². The fourth-order valence-corrected chi connectivity index (χ4v) is 2.84. The van der Waals surface area contributed by atoms with Crippen molar-refractivity contribution in [2.75, 3.05) is 0 Å². The Balaban J connectivity index is 2.16. The number of hydrogen-bond acceptors (Lipinski definition) is 3. The second-order valence-electron chi connectivity index (χ2n) is 6.04. The summed E-state index contributed by atoms with van der Waals surface area (Å²) in [7, 11) is 0. The van der Waals surface area contributed by atoms with Gasteiger partial charge in [-0.05, 0) is 51.0 Å². The van der Waals surface area contributed by atoms with Crippen LogP contribution in [0.25, 0.3) is 5.69 Å². The van der Waals surface area contributed by atoms with Crippen LogP contribution in [0.5, 0.6) is 0 Å². The fourth-order valence-electron chi connectivity index (χ4n) is 2.71. The zero-order valence-electron chi connectivity index (χ0n) is 14.8. The number of carboxylic acid groups (broad SMARTS) is 1. The molecule has 0 aliphatic rings. The number of carbonyl (C=O) groups is 2. The van der Waals surface area contributed by atoms with E-state index in [0.29, 0.717) is 17.9 Å². The van der Waals surface area contributed by atoms with Crippen molar-refractivity contribution in [2.24, 2.45) is 0 Å². The normalized spacial score (nSPS) is 11.8. The Morgan fingerprint density at radius 2 is 2.00 bits per heavy atom. The predicted molar refractivity (Wildman–Crippen MR) is 101 cm³/mol. The van der Waals surface area contributed by atoms with Crippen LogP contribution in [0.3, 0.4) is 0 Å². The number of benzene rings is 1. The molecule has 2 N–H and O–H groups in total. The average Bonchev–Trinajstić information content (AvgIpc) is 2.87. The van der Waals surface area contributed by atoms with Crippen molar-refractivity contribution in [3.05, 3.63) is 58.9 Å². The maximum Gasteiger partial charge on any atom is 0.326 e. The lowest BCUT2D eigenvalue weighted by atomic mass is 10.1. The molecule has 0 saturated carbocycles. The summed E-state index contributed by atoms with van der Waals surface area (Å²) in [5.74, 6) is -1.39. The van der Waals surface area contributed by atoms with E-state index in [1.807, 2.05) is 26.0 Å². The smallest absolute Gasteiger partial charge is 0.326 e. The molecule has 0 bridgehead atoms. The molecule has 7 heteroatoms. The van der Waals surface area contributed by atoms with Crippen molar-refractivity contribution in [3.63, 3.8) is 0 Å². The molecule has 2 aromatic rings. The van der Waals surface area contributed by atoms with Gasteiger partial charge in [0.25, 0.3) is 0 Å². The lowest BCUT2D eigenvalue weighted by Gasteiger charge is -2.13. The number of allylic oxidation sites excluding steroid dienone is 1. The van der Waals surface area contributed by atoms with Gasteiger partial charge < -0.3 is 10.4 Å². The number of amides is 1. The number of rotatable bonds is 8. The van der Waals surface area contributed by atoms with Gasteiger partial charge in [0.05, 0.1) is 17.8 Å². The van der Waals surface area contributed by atoms with E-state index in [4.69, 9.17) is 11.6 Å². The molecule has 1 aromatic heterocycles. The van der Waals surface area contributed by atoms with Gasteiger partial charge in [0.15, 0.2) is 0 Å². The van der Waals surface area contributed by atoms with Crippen molar-refractivity contribution < 1.29 is 14.7 Å². The molecule has 26 heavy (non-hydrogen) atoms. The van der Waals surface area contributed by atoms with Crippen LogP contribution in [-0.4, -0.2) is 32.8 Å². The van der Waals surface area contributed by atoms with E-state index >= 15 is 0 Å². The highest BCUT2D eigenvalue weighted by Crippen LogP contribution is 2.20. The largest absolute Gasteiger partial charge is 0.480 e. The maximum atomic E-state index is 12.3. The Kier molecular flexibility index (Phi) is 6.58. The second-order valence-corrected chi connectivity index (χ2v) is 6.48. The summed E-state index contributed by atoms with van der Waals surface area (Å²) in [6.07, 6.45) is 2.53. The molecule has 1 heterocycles. The van der Waals surface area contributed by atoms with Crippen LogP contribution < -0.4 is 5.32 Å². The minimum absolute atomic E-state index is 0.0725. The van der Waals surface area contributed by atoms with Crippen LogP contribution in [0.4, 0.5) is 0 Å². The number of aromatic nitrogens is 2. The molecular weight excluding hydrogens is 354 g/mol. The third-order valence-corrected chi connectivity index (χ3v) is 4.39. The lowest BCUT2D eigenvalue weighted by molar-refractivity contribution is -0.141. The standard InChI is InChI=1S/C19H22ClN3O3/c1-4-5-6-17(19(25)26)21-18(24)11-16-12(2)22-23(13(16)3)15-9-7-14(20)8-10-15/h4,7-10,17H,1,5-6,11H2,2-3H3,(H,21,24)(H,25,26). The molecule has 0 radical (unpaired) electrons. The molecule has 138 valence electrons. The molecule has 1 unspecified atom stereocenters. The predicted octanol–water partition coefficient (Wildman–Crippen LogP) is 3.22. The van der Waals surface area contributed by atoms with Gasteiger partial charge in [-0.2, -0.15) is 5.10 Å². The molecule has 0 aliphatic carbocycles. The van der Waals surface area contributed by atoms with Gasteiger partial charge in [-0.15, -0.1) is 6.58 Å². The molecule has 2 rings (SSSR count). The summed E-state index contributed by atoms with van der Waals surface area (Å²) in [6, 6.07) is 6.32. The average molecular weight is 376 g/mol. The Labute approximate surface area is 157 Å². The number of carbonyl (C=O) groups excluding carboxylic acids is 1. The highest BCUT2D eigenvalue weighted by molar-refractivity contribution is 6.30. The molecule has 0 fully saturated rings. The van der Waals surface area contributed by atoms with Gasteiger partial charge in [0, 0.05) is 16.3 Å².